The van der Waals surface area contributed by atoms with E-state index in [0.717, 1.165) is 37.6 Å². The van der Waals surface area contributed by atoms with Crippen molar-refractivity contribution in [3.8, 4) is 0 Å². The monoisotopic (exact) mass is 289 g/mol. The summed E-state index contributed by atoms with van der Waals surface area (Å²) in [5, 5.41) is 6.38. The maximum Gasteiger partial charge on any atom is 0.229 e. The van der Waals surface area contributed by atoms with Crippen molar-refractivity contribution in [1.82, 2.24) is 15.0 Å². The third-order valence-corrected chi connectivity index (χ3v) is 5.21. The lowest BCUT2D eigenvalue weighted by molar-refractivity contribution is 0.245. The number of rotatable bonds is 5. The predicted molar refractivity (Wildman–Crippen MR) is 77.8 cm³/mol. The van der Waals surface area contributed by atoms with Crippen molar-refractivity contribution in [3.63, 3.8) is 0 Å². The second-order valence-corrected chi connectivity index (χ2v) is 6.82. The smallest absolute Gasteiger partial charge is 0.229 e. The van der Waals surface area contributed by atoms with E-state index >= 15 is 0 Å². The summed E-state index contributed by atoms with van der Waals surface area (Å²) in [7, 11) is 0. The van der Waals surface area contributed by atoms with E-state index in [4.69, 9.17) is 4.52 Å². The van der Waals surface area contributed by atoms with E-state index in [-0.39, 0.29) is 0 Å². The molecule has 1 unspecified atom stereocenters. The Morgan fingerprint density at radius 3 is 3.10 bits per heavy atom. The minimum absolute atomic E-state index is 0.367. The highest BCUT2D eigenvalue weighted by molar-refractivity contribution is 7.09. The normalized spacial score (nSPS) is 23.5. The lowest BCUT2D eigenvalue weighted by Gasteiger charge is -2.21. The molecule has 1 aliphatic heterocycles. The Kier molecular flexibility index (Phi) is 3.32. The Bertz CT molecular complexity index is 561. The summed E-state index contributed by atoms with van der Waals surface area (Å²) in [6.45, 7) is 2.25. The molecule has 2 aliphatic rings. The van der Waals surface area contributed by atoms with Crippen LogP contribution in [0.25, 0.3) is 0 Å². The standard InChI is InChI=1S/C15H19N3OS/c1-4-13(14-16-15(19-17-14)11-5-6-11)18(8-1)9-7-12-3-2-10-20-12/h2-3,10-11,13H,1,4-9H2. The second kappa shape index (κ2) is 5.30. The van der Waals surface area contributed by atoms with Crippen LogP contribution in [-0.2, 0) is 6.42 Å². The molecule has 0 N–H and O–H groups in total. The molecule has 1 atom stereocenters. The van der Waals surface area contributed by atoms with Gasteiger partial charge in [-0.3, -0.25) is 4.90 Å². The van der Waals surface area contributed by atoms with Crippen LogP contribution in [0.3, 0.4) is 0 Å². The summed E-state index contributed by atoms with van der Waals surface area (Å²) >= 11 is 1.84. The summed E-state index contributed by atoms with van der Waals surface area (Å²) in [6, 6.07) is 4.71. The maximum absolute atomic E-state index is 5.41. The number of aromatic nitrogens is 2. The third-order valence-electron chi connectivity index (χ3n) is 4.27. The van der Waals surface area contributed by atoms with Gasteiger partial charge in [-0.05, 0) is 50.1 Å². The molecule has 0 bridgehead atoms. The van der Waals surface area contributed by atoms with E-state index in [1.165, 1.54) is 24.1 Å². The van der Waals surface area contributed by atoms with Gasteiger partial charge in [0, 0.05) is 17.3 Å². The molecule has 1 saturated carbocycles. The molecule has 20 heavy (non-hydrogen) atoms. The first-order valence-corrected chi connectivity index (χ1v) is 8.38. The zero-order valence-corrected chi connectivity index (χ0v) is 12.3. The molecule has 0 amide bonds. The Morgan fingerprint density at radius 2 is 2.30 bits per heavy atom. The van der Waals surface area contributed by atoms with Crippen molar-refractivity contribution in [2.24, 2.45) is 0 Å². The van der Waals surface area contributed by atoms with Crippen LogP contribution in [-0.4, -0.2) is 28.1 Å². The highest BCUT2D eigenvalue weighted by Crippen LogP contribution is 2.40. The summed E-state index contributed by atoms with van der Waals surface area (Å²) in [5.74, 6) is 2.33. The van der Waals surface area contributed by atoms with Crippen molar-refractivity contribution in [2.75, 3.05) is 13.1 Å². The van der Waals surface area contributed by atoms with Crippen LogP contribution >= 0.6 is 11.3 Å². The fourth-order valence-corrected chi connectivity index (χ4v) is 3.67. The van der Waals surface area contributed by atoms with Crippen LogP contribution in [0, 0.1) is 0 Å². The molecule has 1 saturated heterocycles. The fraction of sp³-hybridized carbons (Fsp3) is 0.600. The third kappa shape index (κ3) is 2.52. The number of nitrogens with zero attached hydrogens (tertiary/aromatic N) is 3. The van der Waals surface area contributed by atoms with E-state index in [1.54, 1.807) is 0 Å². The summed E-state index contributed by atoms with van der Waals surface area (Å²) in [4.78, 5) is 8.61. The van der Waals surface area contributed by atoms with Crippen molar-refractivity contribution >= 4 is 11.3 Å². The van der Waals surface area contributed by atoms with E-state index < -0.39 is 0 Å². The van der Waals surface area contributed by atoms with Gasteiger partial charge in [-0.15, -0.1) is 11.3 Å². The van der Waals surface area contributed by atoms with Gasteiger partial charge < -0.3 is 4.52 Å². The quantitative estimate of drug-likeness (QED) is 0.846. The number of hydrogen-bond acceptors (Lipinski definition) is 5. The summed E-state index contributed by atoms with van der Waals surface area (Å²) < 4.78 is 5.41. The molecule has 4 nitrogen and oxygen atoms in total. The summed E-state index contributed by atoms with van der Waals surface area (Å²) in [5.41, 5.74) is 0. The van der Waals surface area contributed by atoms with Crippen molar-refractivity contribution < 1.29 is 4.52 Å². The van der Waals surface area contributed by atoms with Gasteiger partial charge in [0.25, 0.3) is 0 Å². The van der Waals surface area contributed by atoms with Gasteiger partial charge in [0.05, 0.1) is 6.04 Å². The second-order valence-electron chi connectivity index (χ2n) is 5.79. The highest BCUT2D eigenvalue weighted by atomic mass is 32.1. The van der Waals surface area contributed by atoms with Crippen molar-refractivity contribution in [2.45, 2.75) is 44.1 Å². The van der Waals surface area contributed by atoms with Crippen LogP contribution in [0.5, 0.6) is 0 Å². The Balaban J connectivity index is 1.42. The zero-order valence-electron chi connectivity index (χ0n) is 11.5. The van der Waals surface area contributed by atoms with Gasteiger partial charge in [-0.1, -0.05) is 11.2 Å². The van der Waals surface area contributed by atoms with Gasteiger partial charge in [0.1, 0.15) is 0 Å². The fourth-order valence-electron chi connectivity index (χ4n) is 2.97. The van der Waals surface area contributed by atoms with Gasteiger partial charge in [0.15, 0.2) is 5.82 Å². The molecule has 0 aromatic carbocycles. The number of hydrogen-bond donors (Lipinski definition) is 0. The lowest BCUT2D eigenvalue weighted by Crippen LogP contribution is -2.26. The Morgan fingerprint density at radius 1 is 1.35 bits per heavy atom. The molecular weight excluding hydrogens is 270 g/mol. The lowest BCUT2D eigenvalue weighted by atomic mass is 10.2. The van der Waals surface area contributed by atoms with E-state index in [0.29, 0.717) is 12.0 Å². The first-order valence-electron chi connectivity index (χ1n) is 7.50. The zero-order chi connectivity index (χ0) is 13.4. The predicted octanol–water partition coefficient (Wildman–Crippen LogP) is 3.39. The Hall–Kier alpha value is -1.20. The minimum Gasteiger partial charge on any atom is -0.339 e. The first kappa shape index (κ1) is 12.5. The topological polar surface area (TPSA) is 42.2 Å². The van der Waals surface area contributed by atoms with Gasteiger partial charge >= 0.3 is 0 Å². The van der Waals surface area contributed by atoms with E-state index in [9.17, 15) is 0 Å². The Labute approximate surface area is 122 Å². The summed E-state index contributed by atoms with van der Waals surface area (Å²) in [6.07, 6.45) is 5.96. The van der Waals surface area contributed by atoms with Crippen molar-refractivity contribution in [1.29, 1.82) is 0 Å². The first-order chi connectivity index (χ1) is 9.90. The average molecular weight is 289 g/mol. The molecule has 2 aromatic heterocycles. The van der Waals surface area contributed by atoms with Crippen molar-refractivity contribution in [3.05, 3.63) is 34.1 Å². The highest BCUT2D eigenvalue weighted by Gasteiger charge is 2.33. The SMILES string of the molecule is c1csc(CCN2CCCC2c2noc(C3CC3)n2)c1. The molecule has 4 rings (SSSR count). The largest absolute Gasteiger partial charge is 0.339 e. The van der Waals surface area contributed by atoms with Crippen LogP contribution < -0.4 is 0 Å². The van der Waals surface area contributed by atoms with Crippen LogP contribution in [0.1, 0.15) is 54.2 Å². The minimum atomic E-state index is 0.367. The molecule has 0 radical (unpaired) electrons. The molecule has 3 heterocycles. The number of likely N-dealkylation sites (tertiary alicyclic amines) is 1. The maximum atomic E-state index is 5.41. The molecule has 2 fully saturated rings. The van der Waals surface area contributed by atoms with Crippen LogP contribution in [0.2, 0.25) is 0 Å². The average Bonchev–Trinajstić information content (AvgIpc) is 2.91. The van der Waals surface area contributed by atoms with Crippen LogP contribution in [0.4, 0.5) is 0 Å². The number of thiophene rings is 1. The van der Waals surface area contributed by atoms with Gasteiger partial charge in [-0.2, -0.15) is 4.98 Å². The molecule has 0 spiro atoms. The van der Waals surface area contributed by atoms with Gasteiger partial charge in [0.2, 0.25) is 5.89 Å². The molecule has 106 valence electrons. The molecular formula is C15H19N3OS. The van der Waals surface area contributed by atoms with Crippen LogP contribution in [0.15, 0.2) is 22.0 Å². The van der Waals surface area contributed by atoms with E-state index in [2.05, 4.69) is 32.6 Å². The molecule has 2 aromatic rings. The molecule has 5 heteroatoms. The van der Waals surface area contributed by atoms with Gasteiger partial charge in [-0.25, -0.2) is 0 Å². The van der Waals surface area contributed by atoms with E-state index in [1.807, 2.05) is 11.3 Å². The molecule has 1 aliphatic carbocycles.